The van der Waals surface area contributed by atoms with Gasteiger partial charge < -0.3 is 15.2 Å². The highest BCUT2D eigenvalue weighted by Gasteiger charge is 2.86. The molecule has 2 saturated heterocycles. The fourth-order valence-corrected chi connectivity index (χ4v) is 11.9. The maximum Gasteiger partial charge on any atom is 0.0833 e. The second kappa shape index (κ2) is 6.16. The third kappa shape index (κ3) is 2.13. The molecule has 6 aliphatic carbocycles. The van der Waals surface area contributed by atoms with Gasteiger partial charge in [-0.2, -0.15) is 0 Å². The number of allylic oxidation sites excluding steroid dienone is 1. The first-order valence-electron chi connectivity index (χ1n) is 14.5. The summed E-state index contributed by atoms with van der Waals surface area (Å²) in [6.45, 7) is 11.2. The van der Waals surface area contributed by atoms with Gasteiger partial charge in [0.05, 0.1) is 23.3 Å². The van der Waals surface area contributed by atoms with E-state index >= 15 is 0 Å². The Bertz CT molecular complexity index is 1070. The lowest BCUT2D eigenvalue weighted by Gasteiger charge is -2.51. The molecule has 2 spiro atoms. The minimum Gasteiger partial charge on any atom is -0.389 e. The van der Waals surface area contributed by atoms with Gasteiger partial charge >= 0.3 is 0 Å². The number of hydrogen-bond donors (Lipinski definition) is 2. The van der Waals surface area contributed by atoms with Crippen LogP contribution in [0.5, 0.6) is 0 Å². The van der Waals surface area contributed by atoms with E-state index in [0.29, 0.717) is 34.2 Å². The SMILES string of the molecule is C[C@@H]1CN[C@@]2(C3=C=C3)[C@@H](C)[C@@]3(CC[C@H]4[C@@H]5CCC6=C[C@@H](O)CC[C@]6(C)[C@H]5CC45CC53C)O[C@@H]2C1. The Hall–Kier alpha value is -0.860. The Morgan fingerprint density at radius 2 is 1.94 bits per heavy atom. The van der Waals surface area contributed by atoms with Crippen molar-refractivity contribution in [3.8, 4) is 0 Å². The molecule has 6 fully saturated rings. The van der Waals surface area contributed by atoms with Crippen molar-refractivity contribution < 1.29 is 9.84 Å². The van der Waals surface area contributed by atoms with E-state index in [2.05, 4.69) is 50.9 Å². The van der Waals surface area contributed by atoms with Crippen molar-refractivity contribution >= 4 is 0 Å². The molecule has 0 radical (unpaired) electrons. The van der Waals surface area contributed by atoms with E-state index in [9.17, 15) is 5.11 Å². The maximum atomic E-state index is 10.4. The van der Waals surface area contributed by atoms with Crippen LogP contribution in [-0.4, -0.2) is 35.0 Å². The molecule has 8 aliphatic rings. The zero-order chi connectivity index (χ0) is 23.3. The van der Waals surface area contributed by atoms with Gasteiger partial charge in [-0.15, -0.1) is 5.73 Å². The number of aliphatic hydroxyl groups excluding tert-OH is 1. The van der Waals surface area contributed by atoms with Gasteiger partial charge in [0.15, 0.2) is 0 Å². The Labute approximate surface area is 205 Å². The van der Waals surface area contributed by atoms with Crippen LogP contribution in [0.3, 0.4) is 0 Å². The van der Waals surface area contributed by atoms with Gasteiger partial charge in [0.1, 0.15) is 0 Å². The van der Waals surface area contributed by atoms with Crippen LogP contribution >= 0.6 is 0 Å². The zero-order valence-corrected chi connectivity index (χ0v) is 21.6. The Balaban J connectivity index is 1.18. The van der Waals surface area contributed by atoms with Crippen molar-refractivity contribution in [2.75, 3.05) is 6.54 Å². The summed E-state index contributed by atoms with van der Waals surface area (Å²) in [5.74, 6) is 3.76. The number of fused-ring (bicyclic) bond motifs is 6. The normalized spacial score (nSPS) is 62.7. The van der Waals surface area contributed by atoms with Crippen LogP contribution in [0.4, 0.5) is 0 Å². The molecule has 0 bridgehead atoms. The molecule has 2 unspecified atom stereocenters. The van der Waals surface area contributed by atoms with Gasteiger partial charge in [0.2, 0.25) is 0 Å². The Kier molecular flexibility index (Phi) is 3.85. The van der Waals surface area contributed by atoms with E-state index in [1.165, 1.54) is 56.9 Å². The predicted octanol–water partition coefficient (Wildman–Crippen LogP) is 5.55. The molecule has 3 nitrogen and oxygen atoms in total. The monoisotopic (exact) mass is 461 g/mol. The molecule has 4 saturated carbocycles. The van der Waals surface area contributed by atoms with Crippen LogP contribution in [0, 0.1) is 45.8 Å². The molecule has 12 atom stereocenters. The highest BCUT2D eigenvalue weighted by Crippen LogP contribution is 2.87. The molecule has 2 aliphatic heterocycles. The van der Waals surface area contributed by atoms with Crippen molar-refractivity contribution in [1.29, 1.82) is 0 Å². The molecule has 8 rings (SSSR count). The van der Waals surface area contributed by atoms with Crippen molar-refractivity contribution in [3.05, 3.63) is 29.0 Å². The lowest BCUT2D eigenvalue weighted by atomic mass is 9.55. The fourth-order valence-electron chi connectivity index (χ4n) is 11.9. The standard InChI is InChI=1S/C31H43NO2/c1-18-13-26-31(32-16-18,20-5-6-20)19(2)30(34-26)12-10-24-23-8-7-21-14-22(33)9-11-27(21,3)25(23)15-29(24)17-28(29,30)4/h5,14,18-19,22-26,32-33H,7-13,15-17H2,1-4H3/t18-,19-,22-,23-,24-,25-,26+,27-,28?,29?,30+,31+/m0/s1. The minimum absolute atomic E-state index is 0.00110. The van der Waals surface area contributed by atoms with E-state index in [4.69, 9.17) is 4.74 Å². The largest absolute Gasteiger partial charge is 0.389 e. The third-order valence-corrected chi connectivity index (χ3v) is 13.7. The van der Waals surface area contributed by atoms with Gasteiger partial charge in [-0.25, -0.2) is 0 Å². The van der Waals surface area contributed by atoms with E-state index in [1.54, 1.807) is 5.57 Å². The number of aliphatic hydroxyl groups is 1. The first-order valence-corrected chi connectivity index (χ1v) is 14.5. The van der Waals surface area contributed by atoms with Gasteiger partial charge in [0, 0.05) is 16.9 Å². The predicted molar refractivity (Wildman–Crippen MR) is 133 cm³/mol. The van der Waals surface area contributed by atoms with Gasteiger partial charge in [-0.1, -0.05) is 39.3 Å². The van der Waals surface area contributed by atoms with Crippen molar-refractivity contribution in [2.24, 2.45) is 45.8 Å². The summed E-state index contributed by atoms with van der Waals surface area (Å²) in [7, 11) is 0. The number of ether oxygens (including phenoxy) is 1. The Morgan fingerprint density at radius 1 is 1.12 bits per heavy atom. The van der Waals surface area contributed by atoms with E-state index in [0.717, 1.165) is 30.7 Å². The van der Waals surface area contributed by atoms with Crippen LogP contribution in [0.15, 0.2) is 29.0 Å². The average Bonchev–Trinajstić information content (AvgIpc) is 3.69. The summed E-state index contributed by atoms with van der Waals surface area (Å²) in [6, 6.07) is 0. The molecule has 0 amide bonds. The first-order chi connectivity index (χ1) is 16.2. The molecule has 0 aromatic rings. The van der Waals surface area contributed by atoms with E-state index in [-0.39, 0.29) is 17.2 Å². The average molecular weight is 462 g/mol. The van der Waals surface area contributed by atoms with Crippen LogP contribution in [0.2, 0.25) is 0 Å². The highest BCUT2D eigenvalue weighted by molar-refractivity contribution is 5.49. The third-order valence-electron chi connectivity index (χ3n) is 13.7. The lowest BCUT2D eigenvalue weighted by Crippen LogP contribution is -2.62. The smallest absolute Gasteiger partial charge is 0.0833 e. The number of nitrogens with one attached hydrogen (secondary N) is 1. The summed E-state index contributed by atoms with van der Waals surface area (Å²) in [5, 5.41) is 14.4. The zero-order valence-electron chi connectivity index (χ0n) is 21.6. The molecular weight excluding hydrogens is 418 g/mol. The van der Waals surface area contributed by atoms with Crippen LogP contribution in [-0.2, 0) is 4.74 Å². The molecular formula is C31H43NO2. The molecule has 34 heavy (non-hydrogen) atoms. The molecule has 0 aromatic carbocycles. The maximum absolute atomic E-state index is 10.4. The van der Waals surface area contributed by atoms with E-state index in [1.807, 2.05) is 0 Å². The number of hydrogen-bond acceptors (Lipinski definition) is 3. The van der Waals surface area contributed by atoms with Crippen LogP contribution in [0.25, 0.3) is 0 Å². The summed E-state index contributed by atoms with van der Waals surface area (Å²) < 4.78 is 7.45. The molecule has 2 N–H and O–H groups in total. The summed E-state index contributed by atoms with van der Waals surface area (Å²) in [5.41, 5.74) is 7.65. The summed E-state index contributed by atoms with van der Waals surface area (Å²) >= 11 is 0. The molecule has 184 valence electrons. The molecule has 3 heteroatoms. The van der Waals surface area contributed by atoms with Crippen LogP contribution < -0.4 is 5.32 Å². The first kappa shape index (κ1) is 21.2. The second-order valence-electron chi connectivity index (χ2n) is 14.5. The number of rotatable bonds is 1. The van der Waals surface area contributed by atoms with Gasteiger partial charge in [0.25, 0.3) is 0 Å². The van der Waals surface area contributed by atoms with Crippen molar-refractivity contribution in [1.82, 2.24) is 5.32 Å². The number of piperidine rings is 1. The minimum atomic E-state index is -0.205. The fraction of sp³-hybridized carbons (Fsp3) is 0.839. The quantitative estimate of drug-likeness (QED) is 0.397. The summed E-state index contributed by atoms with van der Waals surface area (Å²) in [4.78, 5) is 0. The highest BCUT2D eigenvalue weighted by atomic mass is 16.5. The van der Waals surface area contributed by atoms with E-state index < -0.39 is 0 Å². The lowest BCUT2D eigenvalue weighted by molar-refractivity contribution is -0.147. The second-order valence-corrected chi connectivity index (χ2v) is 14.5. The topological polar surface area (TPSA) is 41.5 Å². The molecule has 2 heterocycles. The van der Waals surface area contributed by atoms with Crippen LogP contribution in [0.1, 0.15) is 85.5 Å². The van der Waals surface area contributed by atoms with Gasteiger partial charge in [-0.3, -0.25) is 0 Å². The Morgan fingerprint density at radius 3 is 2.74 bits per heavy atom. The van der Waals surface area contributed by atoms with Gasteiger partial charge in [-0.05, 0) is 105 Å². The van der Waals surface area contributed by atoms with Crippen molar-refractivity contribution in [2.45, 2.75) is 109 Å². The van der Waals surface area contributed by atoms with Crippen molar-refractivity contribution in [3.63, 3.8) is 0 Å². The molecule has 0 aromatic heterocycles. The summed E-state index contributed by atoms with van der Waals surface area (Å²) in [6.07, 6.45) is 15.9.